The van der Waals surface area contributed by atoms with Gasteiger partial charge in [0.05, 0.1) is 6.33 Å². The molecule has 2 amide bonds. The van der Waals surface area contributed by atoms with Crippen LogP contribution in [0.15, 0.2) is 36.8 Å². The van der Waals surface area contributed by atoms with Crippen molar-refractivity contribution in [2.75, 3.05) is 26.2 Å². The Hall–Kier alpha value is -2.70. The molecule has 0 aliphatic carbocycles. The fraction of sp³-hybridized carbons (Fsp3) is 0.476. The summed E-state index contributed by atoms with van der Waals surface area (Å²) in [6.07, 6.45) is 7.48. The molecule has 1 atom stereocenters. The van der Waals surface area contributed by atoms with Crippen LogP contribution in [0.5, 0.6) is 0 Å². The van der Waals surface area contributed by atoms with Gasteiger partial charge in [0.1, 0.15) is 5.82 Å². The van der Waals surface area contributed by atoms with Crippen LogP contribution in [0.2, 0.25) is 0 Å². The number of benzene rings is 1. The molecule has 0 saturated carbocycles. The Morgan fingerprint density at radius 1 is 1.21 bits per heavy atom. The summed E-state index contributed by atoms with van der Waals surface area (Å²) >= 11 is 0. The van der Waals surface area contributed by atoms with E-state index in [1.165, 1.54) is 12.1 Å². The summed E-state index contributed by atoms with van der Waals surface area (Å²) in [5.41, 5.74) is 1.49. The van der Waals surface area contributed by atoms with Crippen molar-refractivity contribution in [1.82, 2.24) is 19.8 Å². The fourth-order valence-electron chi connectivity index (χ4n) is 4.47. The number of amides is 2. The third-order valence-corrected chi connectivity index (χ3v) is 5.99. The van der Waals surface area contributed by atoms with E-state index in [0.29, 0.717) is 38.2 Å². The molecule has 28 heavy (non-hydrogen) atoms. The molecule has 3 heterocycles. The number of H-pyrrole nitrogens is 1. The van der Waals surface area contributed by atoms with Crippen molar-refractivity contribution in [2.45, 2.75) is 32.1 Å². The molecule has 2 fully saturated rings. The monoisotopic (exact) mass is 384 g/mol. The zero-order valence-corrected chi connectivity index (χ0v) is 15.9. The Labute approximate surface area is 163 Å². The van der Waals surface area contributed by atoms with Gasteiger partial charge in [-0.15, -0.1) is 0 Å². The first-order valence-electron chi connectivity index (χ1n) is 9.85. The second-order valence-corrected chi connectivity index (χ2v) is 7.98. The number of nitrogens with one attached hydrogen (secondary N) is 1. The molecule has 1 N–H and O–H groups in total. The molecule has 2 aliphatic rings. The van der Waals surface area contributed by atoms with Gasteiger partial charge < -0.3 is 14.8 Å². The van der Waals surface area contributed by atoms with Gasteiger partial charge >= 0.3 is 0 Å². The van der Waals surface area contributed by atoms with E-state index >= 15 is 0 Å². The average molecular weight is 384 g/mol. The Morgan fingerprint density at radius 3 is 2.79 bits per heavy atom. The number of hydrogen-bond donors (Lipinski definition) is 1. The highest BCUT2D eigenvalue weighted by molar-refractivity contribution is 5.94. The molecule has 0 radical (unpaired) electrons. The quantitative estimate of drug-likeness (QED) is 0.881. The van der Waals surface area contributed by atoms with E-state index in [2.05, 4.69) is 9.97 Å². The van der Waals surface area contributed by atoms with E-state index in [1.54, 1.807) is 24.7 Å². The molecule has 1 spiro atoms. The average Bonchev–Trinajstić information content (AvgIpc) is 3.23. The molecule has 2 aromatic rings. The third-order valence-electron chi connectivity index (χ3n) is 5.99. The van der Waals surface area contributed by atoms with Crippen molar-refractivity contribution >= 4 is 11.8 Å². The van der Waals surface area contributed by atoms with Crippen molar-refractivity contribution in [3.8, 4) is 0 Å². The van der Waals surface area contributed by atoms with Crippen molar-refractivity contribution in [3.05, 3.63) is 53.9 Å². The minimum absolute atomic E-state index is 0.0458. The van der Waals surface area contributed by atoms with Gasteiger partial charge in [0, 0.05) is 61.9 Å². The highest BCUT2D eigenvalue weighted by atomic mass is 19.1. The number of carbonyl (C=O) groups excluding carboxylic acids is 2. The lowest BCUT2D eigenvalue weighted by atomic mass is 9.73. The highest BCUT2D eigenvalue weighted by Crippen LogP contribution is 2.39. The summed E-state index contributed by atoms with van der Waals surface area (Å²) < 4.78 is 13.2. The molecular weight excluding hydrogens is 359 g/mol. The Balaban J connectivity index is 1.43. The van der Waals surface area contributed by atoms with Gasteiger partial charge in [-0.3, -0.25) is 9.59 Å². The number of hydrogen-bond acceptors (Lipinski definition) is 3. The van der Waals surface area contributed by atoms with Crippen molar-refractivity contribution < 1.29 is 14.0 Å². The van der Waals surface area contributed by atoms with Crippen LogP contribution in [0.1, 0.15) is 41.7 Å². The molecule has 1 aromatic carbocycles. The molecular formula is C21H25FN4O2. The summed E-state index contributed by atoms with van der Waals surface area (Å²) in [6, 6.07) is 5.73. The van der Waals surface area contributed by atoms with Crippen molar-refractivity contribution in [1.29, 1.82) is 0 Å². The number of likely N-dealkylation sites (tertiary alicyclic amines) is 2. The molecule has 7 heteroatoms. The third kappa shape index (κ3) is 3.93. The van der Waals surface area contributed by atoms with Gasteiger partial charge in [0.25, 0.3) is 5.91 Å². The molecule has 2 aliphatic heterocycles. The van der Waals surface area contributed by atoms with Crippen LogP contribution in [-0.2, 0) is 11.2 Å². The van der Waals surface area contributed by atoms with Crippen LogP contribution in [0.3, 0.4) is 0 Å². The number of carbonyl (C=O) groups is 2. The van der Waals surface area contributed by atoms with Crippen LogP contribution in [0.25, 0.3) is 0 Å². The number of aromatic amines is 1. The van der Waals surface area contributed by atoms with Crippen LogP contribution in [-0.4, -0.2) is 57.8 Å². The van der Waals surface area contributed by atoms with E-state index < -0.39 is 0 Å². The molecule has 2 saturated heterocycles. The Kier molecular flexibility index (Phi) is 5.15. The second kappa shape index (κ2) is 7.73. The van der Waals surface area contributed by atoms with Crippen molar-refractivity contribution in [2.24, 2.45) is 5.41 Å². The predicted molar refractivity (Wildman–Crippen MR) is 102 cm³/mol. The van der Waals surface area contributed by atoms with Crippen LogP contribution in [0, 0.1) is 11.2 Å². The molecule has 6 nitrogen and oxygen atoms in total. The SMILES string of the molecule is O=C1CC[C@@]2(CCCN(C(=O)c3ccc(F)cc3)C2)CN1CCc1cnc[nH]1. The lowest BCUT2D eigenvalue weighted by molar-refractivity contribution is -0.138. The standard InChI is InChI=1S/C21H25FN4O2/c22-17-4-2-16(3-5-17)20(28)26-10-1-8-21(14-26)9-6-19(27)25(13-21)11-7-18-12-23-15-24-18/h2-5,12,15H,1,6-11,13-14H2,(H,23,24)/t21-/m0/s1. The smallest absolute Gasteiger partial charge is 0.253 e. The number of piperidine rings is 2. The topological polar surface area (TPSA) is 69.3 Å². The Morgan fingerprint density at radius 2 is 2.04 bits per heavy atom. The van der Waals surface area contributed by atoms with Gasteiger partial charge in [0.2, 0.25) is 5.91 Å². The fourth-order valence-corrected chi connectivity index (χ4v) is 4.47. The first-order chi connectivity index (χ1) is 13.5. The largest absolute Gasteiger partial charge is 0.348 e. The maximum absolute atomic E-state index is 13.2. The van der Waals surface area contributed by atoms with Crippen LogP contribution >= 0.6 is 0 Å². The van der Waals surface area contributed by atoms with E-state index in [-0.39, 0.29) is 23.0 Å². The first kappa shape index (κ1) is 18.7. The maximum atomic E-state index is 13.2. The molecule has 0 bridgehead atoms. The van der Waals surface area contributed by atoms with Crippen LogP contribution < -0.4 is 0 Å². The van der Waals surface area contributed by atoms with E-state index in [1.807, 2.05) is 9.80 Å². The normalized spacial score (nSPS) is 22.7. The maximum Gasteiger partial charge on any atom is 0.253 e. The first-order valence-corrected chi connectivity index (χ1v) is 9.85. The number of imidazole rings is 1. The number of aromatic nitrogens is 2. The summed E-state index contributed by atoms with van der Waals surface area (Å²) in [5.74, 6) is -0.211. The van der Waals surface area contributed by atoms with Gasteiger partial charge in [-0.05, 0) is 43.5 Å². The Bertz CT molecular complexity index is 837. The van der Waals surface area contributed by atoms with Gasteiger partial charge in [0.15, 0.2) is 0 Å². The summed E-state index contributed by atoms with van der Waals surface area (Å²) in [7, 11) is 0. The molecule has 4 rings (SSSR count). The number of halogens is 1. The number of rotatable bonds is 4. The van der Waals surface area contributed by atoms with Crippen molar-refractivity contribution in [3.63, 3.8) is 0 Å². The predicted octanol–water partition coefficient (Wildman–Crippen LogP) is 2.64. The minimum Gasteiger partial charge on any atom is -0.348 e. The van der Waals surface area contributed by atoms with Gasteiger partial charge in [-0.25, -0.2) is 9.37 Å². The number of nitrogens with zero attached hydrogens (tertiary/aromatic N) is 3. The zero-order chi connectivity index (χ0) is 19.6. The zero-order valence-electron chi connectivity index (χ0n) is 15.9. The minimum atomic E-state index is -0.342. The second-order valence-electron chi connectivity index (χ2n) is 7.98. The van der Waals surface area contributed by atoms with E-state index in [4.69, 9.17) is 0 Å². The lowest BCUT2D eigenvalue weighted by Gasteiger charge is -2.48. The highest BCUT2D eigenvalue weighted by Gasteiger charge is 2.42. The summed E-state index contributed by atoms with van der Waals surface area (Å²) in [4.78, 5) is 36.2. The lowest BCUT2D eigenvalue weighted by Crippen LogP contribution is -2.55. The van der Waals surface area contributed by atoms with Crippen LogP contribution in [0.4, 0.5) is 4.39 Å². The van der Waals surface area contributed by atoms with Gasteiger partial charge in [-0.1, -0.05) is 0 Å². The molecule has 148 valence electrons. The summed E-state index contributed by atoms with van der Waals surface area (Å²) in [6.45, 7) is 2.71. The van der Waals surface area contributed by atoms with E-state index in [0.717, 1.165) is 31.4 Å². The summed E-state index contributed by atoms with van der Waals surface area (Å²) in [5, 5.41) is 0. The molecule has 1 aromatic heterocycles. The van der Waals surface area contributed by atoms with Gasteiger partial charge in [-0.2, -0.15) is 0 Å². The van der Waals surface area contributed by atoms with E-state index in [9.17, 15) is 14.0 Å². The molecule has 0 unspecified atom stereocenters.